The molecule has 26 heavy (non-hydrogen) atoms. The number of likely N-dealkylation sites (tertiary alicyclic amines) is 1. The first-order valence-corrected chi connectivity index (χ1v) is 9.18. The van der Waals surface area contributed by atoms with Gasteiger partial charge in [-0.05, 0) is 12.8 Å². The third-order valence-electron chi connectivity index (χ3n) is 5.55. The molecule has 1 amide bonds. The van der Waals surface area contributed by atoms with Crippen LogP contribution in [0.2, 0.25) is 0 Å². The molecule has 0 bridgehead atoms. The number of carbonyl (C=O) groups excluding carboxylic acids is 1. The summed E-state index contributed by atoms with van der Waals surface area (Å²) in [6.07, 6.45) is 3.79. The zero-order valence-electron chi connectivity index (χ0n) is 14.7. The summed E-state index contributed by atoms with van der Waals surface area (Å²) >= 11 is 0. The van der Waals surface area contributed by atoms with E-state index in [-0.39, 0.29) is 37.5 Å². The second kappa shape index (κ2) is 6.61. The van der Waals surface area contributed by atoms with E-state index in [4.69, 9.17) is 5.73 Å². The molecule has 4 heterocycles. The molecule has 0 saturated carbocycles. The third kappa shape index (κ3) is 3.32. The van der Waals surface area contributed by atoms with Crippen LogP contribution in [0.5, 0.6) is 0 Å². The molecule has 3 aliphatic heterocycles. The number of amides is 1. The van der Waals surface area contributed by atoms with Crippen LogP contribution in [0.25, 0.3) is 0 Å². The van der Waals surface area contributed by atoms with E-state index in [1.165, 1.54) is 6.33 Å². The zero-order chi connectivity index (χ0) is 18.3. The molecule has 3 aliphatic rings. The predicted molar refractivity (Wildman–Crippen MR) is 93.3 cm³/mol. The van der Waals surface area contributed by atoms with Crippen molar-refractivity contribution in [1.82, 2.24) is 14.9 Å². The lowest BCUT2D eigenvalue weighted by Crippen LogP contribution is -2.51. The Morgan fingerprint density at radius 1 is 1.12 bits per heavy atom. The van der Waals surface area contributed by atoms with Gasteiger partial charge in [0.15, 0.2) is 0 Å². The largest absolute Gasteiger partial charge is 0.353 e. The Balaban J connectivity index is 1.48. The number of alkyl halides is 2. The summed E-state index contributed by atoms with van der Waals surface area (Å²) in [6, 6.07) is 1.57. The summed E-state index contributed by atoms with van der Waals surface area (Å²) in [6.45, 7) is 1.92. The minimum Gasteiger partial charge on any atom is -0.353 e. The smallest absolute Gasteiger partial charge is 0.266 e. The number of halogens is 2. The lowest BCUT2D eigenvalue weighted by atomic mass is 10.1. The SMILES string of the molecule is N[C@H]1CN(c2cc(N3CCC(F)(F)C3)ncn2)C[C@@H]1N1CCCCC1=O. The van der Waals surface area contributed by atoms with Crippen LogP contribution in [0.15, 0.2) is 12.4 Å². The second-order valence-electron chi connectivity index (χ2n) is 7.44. The summed E-state index contributed by atoms with van der Waals surface area (Å²) in [4.78, 5) is 26.2. The van der Waals surface area contributed by atoms with Gasteiger partial charge in [-0.15, -0.1) is 0 Å². The van der Waals surface area contributed by atoms with Crippen molar-refractivity contribution in [3.8, 4) is 0 Å². The molecule has 0 unspecified atom stereocenters. The molecule has 3 fully saturated rings. The molecule has 2 atom stereocenters. The van der Waals surface area contributed by atoms with Crippen LogP contribution >= 0.6 is 0 Å². The van der Waals surface area contributed by atoms with Gasteiger partial charge in [0.05, 0.1) is 12.6 Å². The molecule has 7 nitrogen and oxygen atoms in total. The number of piperidine rings is 1. The molecule has 0 aliphatic carbocycles. The Morgan fingerprint density at radius 3 is 2.58 bits per heavy atom. The van der Waals surface area contributed by atoms with E-state index in [1.54, 1.807) is 11.0 Å². The number of anilines is 2. The molecule has 0 aromatic carbocycles. The first kappa shape index (κ1) is 17.4. The van der Waals surface area contributed by atoms with E-state index in [0.717, 1.165) is 19.4 Å². The van der Waals surface area contributed by atoms with Gasteiger partial charge in [0.2, 0.25) is 5.91 Å². The average molecular weight is 366 g/mol. The zero-order valence-corrected chi connectivity index (χ0v) is 14.7. The van der Waals surface area contributed by atoms with Crippen molar-refractivity contribution in [2.24, 2.45) is 5.73 Å². The van der Waals surface area contributed by atoms with Crippen LogP contribution in [0.1, 0.15) is 25.7 Å². The van der Waals surface area contributed by atoms with Crippen molar-refractivity contribution >= 4 is 17.5 Å². The molecule has 9 heteroatoms. The summed E-state index contributed by atoms with van der Waals surface area (Å²) in [5, 5.41) is 0. The number of nitrogens with zero attached hydrogens (tertiary/aromatic N) is 5. The molecule has 0 spiro atoms. The lowest BCUT2D eigenvalue weighted by molar-refractivity contribution is -0.135. The van der Waals surface area contributed by atoms with Crippen molar-refractivity contribution in [1.29, 1.82) is 0 Å². The average Bonchev–Trinajstić information content (AvgIpc) is 3.18. The van der Waals surface area contributed by atoms with E-state index >= 15 is 0 Å². The fourth-order valence-corrected chi connectivity index (χ4v) is 4.12. The Bertz CT molecular complexity index is 687. The van der Waals surface area contributed by atoms with Crippen LogP contribution in [0, 0.1) is 0 Å². The first-order valence-electron chi connectivity index (χ1n) is 9.18. The van der Waals surface area contributed by atoms with Crippen LogP contribution in [-0.4, -0.2) is 71.5 Å². The van der Waals surface area contributed by atoms with Gasteiger partial charge in [0, 0.05) is 51.1 Å². The maximum atomic E-state index is 13.5. The number of hydrogen-bond acceptors (Lipinski definition) is 6. The van der Waals surface area contributed by atoms with Gasteiger partial charge < -0.3 is 20.4 Å². The molecular weight excluding hydrogens is 342 g/mol. The third-order valence-corrected chi connectivity index (χ3v) is 5.55. The van der Waals surface area contributed by atoms with Crippen LogP contribution < -0.4 is 15.5 Å². The minimum atomic E-state index is -2.67. The molecule has 1 aromatic rings. The topological polar surface area (TPSA) is 78.6 Å². The van der Waals surface area contributed by atoms with E-state index in [0.29, 0.717) is 31.1 Å². The van der Waals surface area contributed by atoms with Gasteiger partial charge in [0.25, 0.3) is 5.92 Å². The van der Waals surface area contributed by atoms with Crippen LogP contribution in [-0.2, 0) is 4.79 Å². The predicted octanol–water partition coefficient (Wildman–Crippen LogP) is 0.850. The molecule has 4 rings (SSSR count). The molecule has 2 N–H and O–H groups in total. The molecule has 142 valence electrons. The summed E-state index contributed by atoms with van der Waals surface area (Å²) in [7, 11) is 0. The standard InChI is InChI=1S/C17H24F2N6O/c18-17(19)4-6-23(10-17)14-7-15(22-11-21-14)24-8-12(20)13(9-24)25-5-2-1-3-16(25)26/h7,11-13H,1-6,8-10,20H2/t12-,13-/m0/s1. The van der Waals surface area contributed by atoms with E-state index < -0.39 is 5.92 Å². The summed E-state index contributed by atoms with van der Waals surface area (Å²) in [5.74, 6) is -1.31. The Labute approximate surface area is 151 Å². The van der Waals surface area contributed by atoms with Crippen LogP contribution in [0.3, 0.4) is 0 Å². The van der Waals surface area contributed by atoms with Crippen molar-refractivity contribution in [2.45, 2.75) is 43.7 Å². The van der Waals surface area contributed by atoms with Gasteiger partial charge in [-0.2, -0.15) is 0 Å². The number of nitrogens with two attached hydrogens (primary N) is 1. The normalized spacial score (nSPS) is 28.9. The molecule has 0 radical (unpaired) electrons. The fourth-order valence-electron chi connectivity index (χ4n) is 4.12. The number of aromatic nitrogens is 2. The van der Waals surface area contributed by atoms with Crippen molar-refractivity contribution in [2.75, 3.05) is 42.5 Å². The summed E-state index contributed by atoms with van der Waals surface area (Å²) < 4.78 is 27.0. The van der Waals surface area contributed by atoms with Gasteiger partial charge in [-0.1, -0.05) is 0 Å². The van der Waals surface area contributed by atoms with Gasteiger partial charge in [-0.25, -0.2) is 18.7 Å². The number of rotatable bonds is 3. The highest BCUT2D eigenvalue weighted by Gasteiger charge is 2.40. The highest BCUT2D eigenvalue weighted by Crippen LogP contribution is 2.31. The second-order valence-corrected chi connectivity index (χ2v) is 7.44. The Hall–Kier alpha value is -2.03. The van der Waals surface area contributed by atoms with E-state index in [9.17, 15) is 13.6 Å². The number of hydrogen-bond donors (Lipinski definition) is 1. The van der Waals surface area contributed by atoms with Crippen molar-refractivity contribution in [3.05, 3.63) is 12.4 Å². The molecule has 3 saturated heterocycles. The molecular formula is C17H24F2N6O. The van der Waals surface area contributed by atoms with Crippen LogP contribution in [0.4, 0.5) is 20.4 Å². The maximum Gasteiger partial charge on any atom is 0.266 e. The van der Waals surface area contributed by atoms with Crippen molar-refractivity contribution in [3.63, 3.8) is 0 Å². The Morgan fingerprint density at radius 2 is 1.88 bits per heavy atom. The highest BCUT2D eigenvalue weighted by atomic mass is 19.3. The quantitative estimate of drug-likeness (QED) is 0.855. The van der Waals surface area contributed by atoms with Crippen molar-refractivity contribution < 1.29 is 13.6 Å². The lowest BCUT2D eigenvalue weighted by Gasteiger charge is -2.34. The molecule has 1 aromatic heterocycles. The van der Waals surface area contributed by atoms with Gasteiger partial charge in [0.1, 0.15) is 18.0 Å². The minimum absolute atomic E-state index is 0.0302. The highest BCUT2D eigenvalue weighted by molar-refractivity contribution is 5.77. The van der Waals surface area contributed by atoms with Gasteiger partial charge >= 0.3 is 0 Å². The number of carbonyl (C=O) groups is 1. The summed E-state index contributed by atoms with van der Waals surface area (Å²) in [5.41, 5.74) is 6.31. The Kier molecular flexibility index (Phi) is 4.42. The monoisotopic (exact) mass is 366 g/mol. The van der Waals surface area contributed by atoms with E-state index in [2.05, 4.69) is 9.97 Å². The van der Waals surface area contributed by atoms with E-state index in [1.807, 2.05) is 9.80 Å². The first-order chi connectivity index (χ1) is 12.4. The van der Waals surface area contributed by atoms with Gasteiger partial charge in [-0.3, -0.25) is 4.79 Å². The maximum absolute atomic E-state index is 13.5. The fraction of sp³-hybridized carbons (Fsp3) is 0.706.